The molecular weight excluding hydrogens is 262 g/mol. The van der Waals surface area contributed by atoms with Crippen molar-refractivity contribution in [3.63, 3.8) is 0 Å². The van der Waals surface area contributed by atoms with Crippen LogP contribution in [0.1, 0.15) is 25.0 Å². The van der Waals surface area contributed by atoms with Gasteiger partial charge in [-0.2, -0.15) is 0 Å². The molecule has 106 valence electrons. The van der Waals surface area contributed by atoms with Gasteiger partial charge >= 0.3 is 0 Å². The number of hydrogen-bond donors (Lipinski definition) is 1. The summed E-state index contributed by atoms with van der Waals surface area (Å²) in [7, 11) is 0. The van der Waals surface area contributed by atoms with Crippen molar-refractivity contribution < 1.29 is 9.84 Å². The molecule has 2 aromatic carbocycles. The Bertz CT molecular complexity index is 750. The predicted molar refractivity (Wildman–Crippen MR) is 83.5 cm³/mol. The molecule has 21 heavy (non-hydrogen) atoms. The lowest BCUT2D eigenvalue weighted by molar-refractivity contribution is 0.170. The largest absolute Gasteiger partial charge is 0.455 e. The van der Waals surface area contributed by atoms with E-state index in [1.54, 1.807) is 6.20 Å². The van der Waals surface area contributed by atoms with E-state index in [2.05, 4.69) is 4.98 Å². The monoisotopic (exact) mass is 279 g/mol. The summed E-state index contributed by atoms with van der Waals surface area (Å²) in [5, 5.41) is 11.1. The number of rotatable bonds is 4. The number of para-hydroxylation sites is 2. The van der Waals surface area contributed by atoms with Crippen LogP contribution in [0, 0.1) is 0 Å². The van der Waals surface area contributed by atoms with Crippen molar-refractivity contribution in [1.29, 1.82) is 0 Å². The summed E-state index contributed by atoms with van der Waals surface area (Å²) in [6, 6.07) is 17.3. The summed E-state index contributed by atoms with van der Waals surface area (Å²) in [5.74, 6) is 1.37. The van der Waals surface area contributed by atoms with E-state index in [1.165, 1.54) is 0 Å². The molecule has 0 amide bonds. The van der Waals surface area contributed by atoms with Gasteiger partial charge in [0, 0.05) is 17.1 Å². The molecule has 1 heterocycles. The van der Waals surface area contributed by atoms with Gasteiger partial charge in [0.15, 0.2) is 5.75 Å². The molecule has 3 heteroatoms. The predicted octanol–water partition coefficient (Wildman–Crippen LogP) is 4.47. The maximum Gasteiger partial charge on any atom is 0.153 e. The number of fused-ring (bicyclic) bond motifs is 1. The normalized spacial score (nSPS) is 12.3. The topological polar surface area (TPSA) is 42.4 Å². The molecular formula is C18H17NO2. The summed E-state index contributed by atoms with van der Waals surface area (Å²) in [6.07, 6.45) is 1.88. The van der Waals surface area contributed by atoms with Crippen LogP contribution in [0.4, 0.5) is 0 Å². The minimum absolute atomic E-state index is 0.524. The smallest absolute Gasteiger partial charge is 0.153 e. The maximum absolute atomic E-state index is 10.1. The van der Waals surface area contributed by atoms with Gasteiger partial charge in [0.25, 0.3) is 0 Å². The first-order chi connectivity index (χ1) is 10.3. The van der Waals surface area contributed by atoms with Crippen LogP contribution >= 0.6 is 0 Å². The molecule has 0 aliphatic heterocycles. The summed E-state index contributed by atoms with van der Waals surface area (Å²) >= 11 is 0. The molecule has 3 nitrogen and oxygen atoms in total. The SMILES string of the molecule is CCC(O)c1ccccc1Oc1cccc2cccnc12. The van der Waals surface area contributed by atoms with Gasteiger partial charge in [-0.05, 0) is 24.6 Å². The first-order valence-corrected chi connectivity index (χ1v) is 7.08. The van der Waals surface area contributed by atoms with Gasteiger partial charge < -0.3 is 9.84 Å². The van der Waals surface area contributed by atoms with Crippen molar-refractivity contribution in [2.24, 2.45) is 0 Å². The van der Waals surface area contributed by atoms with Gasteiger partial charge in [-0.15, -0.1) is 0 Å². The first kappa shape index (κ1) is 13.6. The molecule has 0 radical (unpaired) electrons. The van der Waals surface area contributed by atoms with Gasteiger partial charge in [0.05, 0.1) is 6.10 Å². The minimum atomic E-state index is -0.524. The van der Waals surface area contributed by atoms with Gasteiger partial charge in [-0.3, -0.25) is 4.98 Å². The van der Waals surface area contributed by atoms with Gasteiger partial charge in [-0.25, -0.2) is 0 Å². The first-order valence-electron chi connectivity index (χ1n) is 7.08. The van der Waals surface area contributed by atoms with Crippen LogP contribution < -0.4 is 4.74 Å². The second-order valence-corrected chi connectivity index (χ2v) is 4.90. The van der Waals surface area contributed by atoms with E-state index in [1.807, 2.05) is 61.5 Å². The lowest BCUT2D eigenvalue weighted by Crippen LogP contribution is -1.99. The quantitative estimate of drug-likeness (QED) is 0.766. The Hall–Kier alpha value is -2.39. The number of aliphatic hydroxyl groups excluding tert-OH is 1. The minimum Gasteiger partial charge on any atom is -0.455 e. The molecule has 1 aromatic heterocycles. The lowest BCUT2D eigenvalue weighted by Gasteiger charge is -2.15. The van der Waals surface area contributed by atoms with Crippen LogP contribution in [-0.4, -0.2) is 10.1 Å². The fourth-order valence-corrected chi connectivity index (χ4v) is 2.35. The summed E-state index contributed by atoms with van der Waals surface area (Å²) in [6.45, 7) is 1.95. The molecule has 0 saturated heterocycles. The van der Waals surface area contributed by atoms with Crippen molar-refractivity contribution in [1.82, 2.24) is 4.98 Å². The number of benzene rings is 2. The van der Waals surface area contributed by atoms with Crippen molar-refractivity contribution in [3.8, 4) is 11.5 Å². The van der Waals surface area contributed by atoms with Crippen molar-refractivity contribution in [2.75, 3.05) is 0 Å². The van der Waals surface area contributed by atoms with E-state index in [0.717, 1.165) is 16.5 Å². The zero-order valence-corrected chi connectivity index (χ0v) is 11.9. The van der Waals surface area contributed by atoms with Crippen LogP contribution in [-0.2, 0) is 0 Å². The zero-order valence-electron chi connectivity index (χ0n) is 11.9. The van der Waals surface area contributed by atoms with Crippen LogP contribution in [0.2, 0.25) is 0 Å². The Labute approximate surface area is 123 Å². The van der Waals surface area contributed by atoms with Crippen LogP contribution in [0.15, 0.2) is 60.8 Å². The Morgan fingerprint density at radius 1 is 1.00 bits per heavy atom. The fraction of sp³-hybridized carbons (Fsp3) is 0.167. The standard InChI is InChI=1S/C18H17NO2/c1-2-15(20)14-9-3-4-10-16(14)21-17-11-5-7-13-8-6-12-19-18(13)17/h3-12,15,20H,2H2,1H3. The fourth-order valence-electron chi connectivity index (χ4n) is 2.35. The molecule has 0 aliphatic carbocycles. The van der Waals surface area contributed by atoms with Crippen LogP contribution in [0.3, 0.4) is 0 Å². The van der Waals surface area contributed by atoms with E-state index < -0.39 is 6.10 Å². The van der Waals surface area contributed by atoms with Crippen LogP contribution in [0.5, 0.6) is 11.5 Å². The molecule has 0 bridgehead atoms. The average molecular weight is 279 g/mol. The van der Waals surface area contributed by atoms with E-state index in [0.29, 0.717) is 17.9 Å². The summed E-state index contributed by atoms with van der Waals surface area (Å²) < 4.78 is 6.02. The highest BCUT2D eigenvalue weighted by Crippen LogP contribution is 2.33. The van der Waals surface area contributed by atoms with Crippen molar-refractivity contribution in [3.05, 3.63) is 66.4 Å². The lowest BCUT2D eigenvalue weighted by atomic mass is 10.1. The Balaban J connectivity index is 2.03. The second kappa shape index (κ2) is 5.94. The molecule has 0 fully saturated rings. The van der Waals surface area contributed by atoms with Crippen molar-refractivity contribution in [2.45, 2.75) is 19.4 Å². The molecule has 0 aliphatic rings. The molecule has 3 rings (SSSR count). The average Bonchev–Trinajstić information content (AvgIpc) is 2.55. The molecule has 0 spiro atoms. The van der Waals surface area contributed by atoms with Crippen molar-refractivity contribution >= 4 is 10.9 Å². The highest BCUT2D eigenvalue weighted by Gasteiger charge is 2.13. The van der Waals surface area contributed by atoms with Gasteiger partial charge in [0.2, 0.25) is 0 Å². The van der Waals surface area contributed by atoms with E-state index in [-0.39, 0.29) is 0 Å². The molecule has 3 aromatic rings. The Morgan fingerprint density at radius 2 is 1.76 bits per heavy atom. The Kier molecular flexibility index (Phi) is 3.84. The second-order valence-electron chi connectivity index (χ2n) is 4.90. The highest BCUT2D eigenvalue weighted by molar-refractivity contribution is 5.84. The third-order valence-corrected chi connectivity index (χ3v) is 3.48. The number of nitrogens with zero attached hydrogens (tertiary/aromatic N) is 1. The number of hydrogen-bond acceptors (Lipinski definition) is 3. The number of aliphatic hydroxyl groups is 1. The summed E-state index contributed by atoms with van der Waals surface area (Å²) in [4.78, 5) is 4.38. The van der Waals surface area contributed by atoms with E-state index in [9.17, 15) is 5.11 Å². The highest BCUT2D eigenvalue weighted by atomic mass is 16.5. The maximum atomic E-state index is 10.1. The Morgan fingerprint density at radius 3 is 2.62 bits per heavy atom. The number of aromatic nitrogens is 1. The van der Waals surface area contributed by atoms with Gasteiger partial charge in [0.1, 0.15) is 11.3 Å². The van der Waals surface area contributed by atoms with E-state index >= 15 is 0 Å². The molecule has 0 saturated carbocycles. The number of pyridine rings is 1. The third kappa shape index (κ3) is 2.73. The van der Waals surface area contributed by atoms with Crippen LogP contribution in [0.25, 0.3) is 10.9 Å². The van der Waals surface area contributed by atoms with E-state index in [4.69, 9.17) is 4.74 Å². The third-order valence-electron chi connectivity index (χ3n) is 3.48. The molecule has 1 unspecified atom stereocenters. The molecule has 1 N–H and O–H groups in total. The molecule has 1 atom stereocenters. The number of ether oxygens (including phenoxy) is 1. The zero-order chi connectivity index (χ0) is 14.7. The summed E-state index contributed by atoms with van der Waals surface area (Å²) in [5.41, 5.74) is 1.62. The van der Waals surface area contributed by atoms with Gasteiger partial charge in [-0.1, -0.05) is 43.3 Å².